The smallest absolute Gasteiger partial charge is 0.0406 e. The highest BCUT2D eigenvalue weighted by Crippen LogP contribution is 2.13. The molecule has 0 aromatic heterocycles. The second-order valence-corrected chi connectivity index (χ2v) is 4.69. The molecule has 0 aliphatic rings. The summed E-state index contributed by atoms with van der Waals surface area (Å²) in [5, 5.41) is 0.823. The van der Waals surface area contributed by atoms with E-state index in [9.17, 15) is 0 Å². The Morgan fingerprint density at radius 1 is 0.867 bits per heavy atom. The molecule has 0 spiro atoms. The molecule has 0 N–H and O–H groups in total. The van der Waals surface area contributed by atoms with E-state index in [1.165, 1.54) is 44.1 Å². The van der Waals surface area contributed by atoms with E-state index in [4.69, 9.17) is 24.2 Å². The van der Waals surface area contributed by atoms with Crippen LogP contribution in [-0.4, -0.2) is 5.75 Å². The summed E-state index contributed by atoms with van der Waals surface area (Å²) >= 11 is 10.7. The zero-order valence-electron chi connectivity index (χ0n) is 9.05. The van der Waals surface area contributed by atoms with Crippen LogP contribution >= 0.6 is 24.2 Å². The highest BCUT2D eigenvalue weighted by atomic mass is 35.5. The SMILES string of the molecule is [S]CCCCCCCc1ccc(Cl)cc1. The number of hydrogen-bond acceptors (Lipinski definition) is 0. The molecule has 1 aromatic rings. The number of benzene rings is 1. The van der Waals surface area contributed by atoms with Gasteiger partial charge in [0, 0.05) is 10.8 Å². The van der Waals surface area contributed by atoms with Gasteiger partial charge in [0.15, 0.2) is 0 Å². The molecule has 0 unspecified atom stereocenters. The third-order valence-corrected chi connectivity index (χ3v) is 3.06. The van der Waals surface area contributed by atoms with Crippen LogP contribution in [0.25, 0.3) is 0 Å². The molecule has 0 aliphatic heterocycles. The summed E-state index contributed by atoms with van der Waals surface area (Å²) in [5.74, 6) is 0.914. The van der Waals surface area contributed by atoms with Gasteiger partial charge in [-0.2, -0.15) is 0 Å². The molecule has 0 fully saturated rings. The Kier molecular flexibility index (Phi) is 6.95. The molecule has 1 rings (SSSR count). The molecule has 0 saturated carbocycles. The summed E-state index contributed by atoms with van der Waals surface area (Å²) in [6.45, 7) is 0. The molecule has 0 aliphatic carbocycles. The Morgan fingerprint density at radius 3 is 2.13 bits per heavy atom. The first-order valence-corrected chi connectivity index (χ1v) is 6.61. The fourth-order valence-electron chi connectivity index (χ4n) is 1.61. The molecule has 0 heterocycles. The molecule has 0 amide bonds. The third kappa shape index (κ3) is 6.11. The van der Waals surface area contributed by atoms with Crippen molar-refractivity contribution in [1.82, 2.24) is 0 Å². The van der Waals surface area contributed by atoms with E-state index in [1.54, 1.807) is 0 Å². The van der Waals surface area contributed by atoms with Crippen molar-refractivity contribution in [2.24, 2.45) is 0 Å². The lowest BCUT2D eigenvalue weighted by Crippen LogP contribution is -1.86. The maximum absolute atomic E-state index is 5.82. The first-order valence-electron chi connectivity index (χ1n) is 5.65. The lowest BCUT2D eigenvalue weighted by molar-refractivity contribution is 0.635. The summed E-state index contributed by atoms with van der Waals surface area (Å²) in [6.07, 6.45) is 7.59. The molecular weight excluding hydrogens is 224 g/mol. The van der Waals surface area contributed by atoms with Gasteiger partial charge in [-0.15, -0.1) is 0 Å². The Balaban J connectivity index is 2.07. The second kappa shape index (κ2) is 8.06. The average molecular weight is 242 g/mol. The second-order valence-electron chi connectivity index (χ2n) is 3.85. The summed E-state index contributed by atoms with van der Waals surface area (Å²) in [4.78, 5) is 0. The predicted molar refractivity (Wildman–Crippen MR) is 70.7 cm³/mol. The lowest BCUT2D eigenvalue weighted by atomic mass is 10.1. The van der Waals surface area contributed by atoms with Crippen LogP contribution in [0.1, 0.15) is 37.7 Å². The number of aryl methyl sites for hydroxylation is 1. The quantitative estimate of drug-likeness (QED) is 0.588. The zero-order valence-corrected chi connectivity index (χ0v) is 10.6. The Morgan fingerprint density at radius 2 is 1.47 bits per heavy atom. The average Bonchev–Trinajstić information content (AvgIpc) is 2.26. The van der Waals surface area contributed by atoms with Gasteiger partial charge in [0.1, 0.15) is 0 Å². The van der Waals surface area contributed by atoms with Crippen molar-refractivity contribution in [3.63, 3.8) is 0 Å². The molecule has 1 radical (unpaired) electrons. The van der Waals surface area contributed by atoms with Crippen LogP contribution in [0.2, 0.25) is 5.02 Å². The molecule has 1 aromatic carbocycles. The van der Waals surface area contributed by atoms with Gasteiger partial charge in [-0.05, 0) is 37.0 Å². The Hall–Kier alpha value is -0.140. The van der Waals surface area contributed by atoms with Crippen molar-refractivity contribution in [3.8, 4) is 0 Å². The van der Waals surface area contributed by atoms with Crippen LogP contribution in [-0.2, 0) is 6.42 Å². The van der Waals surface area contributed by atoms with Gasteiger partial charge in [0.2, 0.25) is 0 Å². The fraction of sp³-hybridized carbons (Fsp3) is 0.538. The van der Waals surface area contributed by atoms with Crippen LogP contribution in [0.3, 0.4) is 0 Å². The van der Waals surface area contributed by atoms with Crippen molar-refractivity contribution in [1.29, 1.82) is 0 Å². The van der Waals surface area contributed by atoms with Crippen molar-refractivity contribution in [2.75, 3.05) is 5.75 Å². The van der Waals surface area contributed by atoms with Crippen LogP contribution in [0.4, 0.5) is 0 Å². The number of unbranched alkanes of at least 4 members (excludes halogenated alkanes) is 4. The first kappa shape index (κ1) is 12.9. The van der Waals surface area contributed by atoms with Crippen molar-refractivity contribution < 1.29 is 0 Å². The zero-order chi connectivity index (χ0) is 10.9. The first-order chi connectivity index (χ1) is 7.33. The third-order valence-electron chi connectivity index (χ3n) is 2.52. The van der Waals surface area contributed by atoms with Gasteiger partial charge in [0.25, 0.3) is 0 Å². The summed E-state index contributed by atoms with van der Waals surface area (Å²) in [6, 6.07) is 8.17. The van der Waals surface area contributed by atoms with E-state index in [0.29, 0.717) is 0 Å². The van der Waals surface area contributed by atoms with E-state index in [0.717, 1.165) is 10.8 Å². The van der Waals surface area contributed by atoms with Gasteiger partial charge in [0.05, 0.1) is 0 Å². The number of rotatable bonds is 7. The summed E-state index contributed by atoms with van der Waals surface area (Å²) in [5.41, 5.74) is 1.39. The molecular formula is C13H18ClS. The molecule has 0 atom stereocenters. The number of hydrogen-bond donors (Lipinski definition) is 0. The van der Waals surface area contributed by atoms with E-state index in [2.05, 4.69) is 12.1 Å². The monoisotopic (exact) mass is 241 g/mol. The standard InChI is InChI=1S/C13H18ClS/c14-13-9-7-12(8-10-13)6-4-2-1-3-5-11-15/h7-10H,1-6,11H2. The van der Waals surface area contributed by atoms with Crippen LogP contribution in [0.5, 0.6) is 0 Å². The normalized spacial score (nSPS) is 10.5. The molecule has 0 bridgehead atoms. The van der Waals surface area contributed by atoms with Crippen molar-refractivity contribution >= 4 is 24.2 Å². The van der Waals surface area contributed by atoms with Gasteiger partial charge < -0.3 is 0 Å². The highest BCUT2D eigenvalue weighted by molar-refractivity contribution is 7.80. The van der Waals surface area contributed by atoms with E-state index < -0.39 is 0 Å². The highest BCUT2D eigenvalue weighted by Gasteiger charge is 1.94. The minimum atomic E-state index is 0.823. The Labute approximate surface area is 103 Å². The molecule has 0 saturated heterocycles. The molecule has 0 nitrogen and oxygen atoms in total. The van der Waals surface area contributed by atoms with Crippen molar-refractivity contribution in [3.05, 3.63) is 34.9 Å². The molecule has 15 heavy (non-hydrogen) atoms. The topological polar surface area (TPSA) is 0 Å². The van der Waals surface area contributed by atoms with E-state index in [-0.39, 0.29) is 0 Å². The van der Waals surface area contributed by atoms with Gasteiger partial charge in [-0.3, -0.25) is 0 Å². The minimum absolute atomic E-state index is 0.823. The maximum Gasteiger partial charge on any atom is 0.0406 e. The van der Waals surface area contributed by atoms with Crippen molar-refractivity contribution in [2.45, 2.75) is 38.5 Å². The minimum Gasteiger partial charge on any atom is -0.0942 e. The van der Waals surface area contributed by atoms with Gasteiger partial charge in [-0.25, -0.2) is 0 Å². The predicted octanol–water partition coefficient (Wildman–Crippen LogP) is 5.03. The van der Waals surface area contributed by atoms with E-state index >= 15 is 0 Å². The lowest BCUT2D eigenvalue weighted by Gasteiger charge is -2.01. The molecule has 2 heteroatoms. The van der Waals surface area contributed by atoms with Crippen LogP contribution < -0.4 is 0 Å². The Bertz CT molecular complexity index is 256. The molecule has 83 valence electrons. The summed E-state index contributed by atoms with van der Waals surface area (Å²) in [7, 11) is 0. The summed E-state index contributed by atoms with van der Waals surface area (Å²) < 4.78 is 0. The van der Waals surface area contributed by atoms with Crippen LogP contribution in [0, 0.1) is 0 Å². The number of halogens is 1. The fourth-order valence-corrected chi connectivity index (χ4v) is 1.94. The van der Waals surface area contributed by atoms with Gasteiger partial charge >= 0.3 is 0 Å². The van der Waals surface area contributed by atoms with Crippen LogP contribution in [0.15, 0.2) is 24.3 Å². The largest absolute Gasteiger partial charge is 0.0942 e. The van der Waals surface area contributed by atoms with Gasteiger partial charge in [-0.1, -0.05) is 55.6 Å². The van der Waals surface area contributed by atoms with E-state index in [1.807, 2.05) is 12.1 Å². The maximum atomic E-state index is 5.82.